The number of esters is 1. The van der Waals surface area contributed by atoms with E-state index in [1.54, 1.807) is 59.5 Å². The topological polar surface area (TPSA) is 62.4 Å². The Labute approximate surface area is 211 Å². The molecule has 0 spiro atoms. The number of benzene rings is 3. The van der Waals surface area contributed by atoms with E-state index in [0.29, 0.717) is 50.6 Å². The monoisotopic (exact) mass is 512 g/mol. The summed E-state index contributed by atoms with van der Waals surface area (Å²) in [6.07, 6.45) is 1.86. The van der Waals surface area contributed by atoms with E-state index in [4.69, 9.17) is 39.5 Å². The van der Waals surface area contributed by atoms with E-state index >= 15 is 0 Å². The highest BCUT2D eigenvalue weighted by atomic mass is 35.5. The lowest BCUT2D eigenvalue weighted by Crippen LogP contribution is -2.30. The minimum atomic E-state index is -0.521. The molecule has 5 nitrogen and oxygen atoms in total. The van der Waals surface area contributed by atoms with Crippen molar-refractivity contribution in [1.29, 1.82) is 0 Å². The summed E-state index contributed by atoms with van der Waals surface area (Å²) < 4.78 is 5.81. The van der Waals surface area contributed by atoms with Gasteiger partial charge in [0, 0.05) is 51.6 Å². The van der Waals surface area contributed by atoms with Crippen LogP contribution in [0, 0.1) is 6.92 Å². The molecule has 0 bridgehead atoms. The summed E-state index contributed by atoms with van der Waals surface area (Å²) in [6, 6.07) is 15.0. The van der Waals surface area contributed by atoms with Crippen LogP contribution in [0.3, 0.4) is 0 Å². The predicted octanol–water partition coefficient (Wildman–Crippen LogP) is 6.99. The van der Waals surface area contributed by atoms with Crippen LogP contribution >= 0.6 is 34.8 Å². The van der Waals surface area contributed by atoms with E-state index in [1.807, 2.05) is 13.1 Å². The summed E-state index contributed by atoms with van der Waals surface area (Å²) in [5, 5.41) is 1.99. The van der Waals surface area contributed by atoms with Gasteiger partial charge >= 0.3 is 5.97 Å². The zero-order valence-electron chi connectivity index (χ0n) is 18.1. The average Bonchev–Trinajstić information content (AvgIpc) is 3.40. The third-order valence-electron chi connectivity index (χ3n) is 6.04. The Kier molecular flexibility index (Phi) is 6.02. The fourth-order valence-electron chi connectivity index (χ4n) is 4.40. The van der Waals surface area contributed by atoms with Crippen LogP contribution in [0.5, 0.6) is 5.75 Å². The van der Waals surface area contributed by atoms with Crippen LogP contribution in [0.15, 0.2) is 60.8 Å². The van der Waals surface area contributed by atoms with Gasteiger partial charge in [0.1, 0.15) is 0 Å². The van der Waals surface area contributed by atoms with Crippen LogP contribution in [0.4, 0.5) is 5.69 Å². The van der Waals surface area contributed by atoms with Crippen molar-refractivity contribution in [2.24, 2.45) is 0 Å². The largest absolute Gasteiger partial charge is 0.421 e. The smallest absolute Gasteiger partial charge is 0.343 e. The average molecular weight is 514 g/mol. The third kappa shape index (κ3) is 3.94. The molecule has 2 heterocycles. The van der Waals surface area contributed by atoms with Crippen LogP contribution in [0.2, 0.25) is 10.0 Å². The Morgan fingerprint density at radius 2 is 1.65 bits per heavy atom. The molecule has 8 heteroatoms. The summed E-state index contributed by atoms with van der Waals surface area (Å²) in [6.45, 7) is 2.40. The number of hydrogen-bond acceptors (Lipinski definition) is 3. The van der Waals surface area contributed by atoms with Crippen molar-refractivity contribution in [2.45, 2.75) is 12.8 Å². The summed E-state index contributed by atoms with van der Waals surface area (Å²) >= 11 is 18.3. The molecule has 34 heavy (non-hydrogen) atoms. The number of carbonyl (C=O) groups excluding carboxylic acids is 2. The van der Waals surface area contributed by atoms with Crippen LogP contribution in [-0.4, -0.2) is 29.3 Å². The standard InChI is InChI=1S/C26H19Cl3N2O3/c1-14-12-30-24-21(34-26(33)16-4-8-19(29)9-5-16)10-20-23(22(14)24)17(11-27)13-31(20)25(32)15-2-6-18(28)7-3-15/h2-10,12,17,30H,11,13H2,1H3/t17-/m1/s1. The second-order valence-corrected chi connectivity index (χ2v) is 9.38. The van der Waals surface area contributed by atoms with Gasteiger partial charge in [0.2, 0.25) is 0 Å². The van der Waals surface area contributed by atoms with E-state index in [1.165, 1.54) is 0 Å². The van der Waals surface area contributed by atoms with Crippen LogP contribution in [0.1, 0.15) is 37.8 Å². The Balaban J connectivity index is 1.61. The molecule has 172 valence electrons. The zero-order chi connectivity index (χ0) is 24.0. The summed E-state index contributed by atoms with van der Waals surface area (Å²) in [4.78, 5) is 31.2. The number of carbonyl (C=O) groups is 2. The lowest BCUT2D eigenvalue weighted by atomic mass is 9.96. The normalized spacial score (nSPS) is 14.9. The number of aromatic amines is 1. The van der Waals surface area contributed by atoms with Gasteiger partial charge in [-0.3, -0.25) is 4.79 Å². The molecule has 1 aliphatic rings. The van der Waals surface area contributed by atoms with Crippen molar-refractivity contribution in [3.63, 3.8) is 0 Å². The van der Waals surface area contributed by atoms with Crippen LogP contribution < -0.4 is 9.64 Å². The van der Waals surface area contributed by atoms with Gasteiger partial charge in [0.25, 0.3) is 5.91 Å². The number of nitrogens with zero attached hydrogens (tertiary/aromatic N) is 1. The molecular weight excluding hydrogens is 495 g/mol. The van der Waals surface area contributed by atoms with Gasteiger partial charge in [-0.2, -0.15) is 0 Å². The second kappa shape index (κ2) is 8.99. The fraction of sp³-hybridized carbons (Fsp3) is 0.154. The summed E-state index contributed by atoms with van der Waals surface area (Å²) in [7, 11) is 0. The molecule has 3 aromatic carbocycles. The number of amides is 1. The van der Waals surface area contributed by atoms with Crippen molar-refractivity contribution in [1.82, 2.24) is 4.98 Å². The maximum atomic E-state index is 13.4. The SMILES string of the molecule is Cc1c[nH]c2c(OC(=O)c3ccc(Cl)cc3)cc3c(c12)[C@H](CCl)CN3C(=O)c1ccc(Cl)cc1. The van der Waals surface area contributed by atoms with Crippen molar-refractivity contribution in [3.8, 4) is 5.75 Å². The van der Waals surface area contributed by atoms with Crippen molar-refractivity contribution in [2.75, 3.05) is 17.3 Å². The van der Waals surface area contributed by atoms with Crippen LogP contribution in [-0.2, 0) is 0 Å². The van der Waals surface area contributed by atoms with Gasteiger partial charge in [-0.1, -0.05) is 23.2 Å². The minimum Gasteiger partial charge on any atom is -0.421 e. The second-order valence-electron chi connectivity index (χ2n) is 8.20. The maximum absolute atomic E-state index is 13.4. The number of hydrogen-bond donors (Lipinski definition) is 1. The van der Waals surface area contributed by atoms with Gasteiger partial charge < -0.3 is 14.6 Å². The first-order valence-electron chi connectivity index (χ1n) is 10.6. The molecule has 0 radical (unpaired) electrons. The number of aromatic nitrogens is 1. The molecule has 0 unspecified atom stereocenters. The lowest BCUT2D eigenvalue weighted by Gasteiger charge is -2.19. The number of nitrogens with one attached hydrogen (secondary N) is 1. The Morgan fingerprint density at radius 1 is 1.03 bits per heavy atom. The third-order valence-corrected chi connectivity index (χ3v) is 6.92. The molecule has 1 aliphatic heterocycles. The predicted molar refractivity (Wildman–Crippen MR) is 136 cm³/mol. The highest BCUT2D eigenvalue weighted by Crippen LogP contribution is 2.47. The number of ether oxygens (including phenoxy) is 1. The van der Waals surface area contributed by atoms with Crippen molar-refractivity contribution < 1.29 is 14.3 Å². The van der Waals surface area contributed by atoms with E-state index in [-0.39, 0.29) is 11.8 Å². The number of anilines is 1. The molecule has 1 aromatic heterocycles. The first-order chi connectivity index (χ1) is 16.4. The lowest BCUT2D eigenvalue weighted by molar-refractivity contribution is 0.0737. The van der Waals surface area contributed by atoms with Crippen molar-refractivity contribution in [3.05, 3.63) is 93.1 Å². The molecule has 0 aliphatic carbocycles. The molecule has 0 saturated heterocycles. The molecule has 4 aromatic rings. The quantitative estimate of drug-likeness (QED) is 0.182. The Bertz CT molecular complexity index is 1410. The van der Waals surface area contributed by atoms with E-state index < -0.39 is 5.97 Å². The minimum absolute atomic E-state index is 0.0640. The van der Waals surface area contributed by atoms with Gasteiger partial charge in [-0.05, 0) is 66.6 Å². The number of alkyl halides is 1. The first kappa shape index (κ1) is 22.8. The maximum Gasteiger partial charge on any atom is 0.343 e. The van der Waals surface area contributed by atoms with E-state index in [2.05, 4.69) is 4.98 Å². The molecule has 5 rings (SSSR count). The van der Waals surface area contributed by atoms with E-state index in [9.17, 15) is 9.59 Å². The molecule has 0 fully saturated rings. The first-order valence-corrected chi connectivity index (χ1v) is 11.9. The Morgan fingerprint density at radius 3 is 2.26 bits per heavy atom. The number of aryl methyl sites for hydroxylation is 1. The molecule has 1 N–H and O–H groups in total. The van der Waals surface area contributed by atoms with Gasteiger partial charge in [-0.25, -0.2) is 4.79 Å². The summed E-state index contributed by atoms with van der Waals surface area (Å²) in [5.41, 5.74) is 4.20. The van der Waals surface area contributed by atoms with E-state index in [0.717, 1.165) is 16.5 Å². The number of H-pyrrole nitrogens is 1. The molecule has 0 saturated carbocycles. The Hall–Kier alpha value is -2.99. The van der Waals surface area contributed by atoms with Gasteiger partial charge in [0.15, 0.2) is 5.75 Å². The number of fused-ring (bicyclic) bond motifs is 3. The fourth-order valence-corrected chi connectivity index (χ4v) is 4.91. The van der Waals surface area contributed by atoms with Gasteiger partial charge in [0.05, 0.1) is 16.8 Å². The van der Waals surface area contributed by atoms with Crippen molar-refractivity contribution >= 4 is 63.3 Å². The number of rotatable bonds is 4. The van der Waals surface area contributed by atoms with Gasteiger partial charge in [-0.15, -0.1) is 11.6 Å². The summed E-state index contributed by atoms with van der Waals surface area (Å²) in [5.74, 6) is -0.0707. The molecular formula is C26H19Cl3N2O3. The molecule has 1 amide bonds. The highest BCUT2D eigenvalue weighted by Gasteiger charge is 2.36. The van der Waals surface area contributed by atoms with Crippen LogP contribution in [0.25, 0.3) is 10.9 Å². The molecule has 1 atom stereocenters. The zero-order valence-corrected chi connectivity index (χ0v) is 20.3. The number of halogens is 3. The highest BCUT2D eigenvalue weighted by molar-refractivity contribution is 6.31.